The maximum absolute atomic E-state index is 5.11. The third-order valence-corrected chi connectivity index (χ3v) is 2.50. The van der Waals surface area contributed by atoms with Crippen LogP contribution in [0.4, 0.5) is 0 Å². The Hall–Kier alpha value is -1.55. The second-order valence-corrected chi connectivity index (χ2v) is 3.37. The van der Waals surface area contributed by atoms with Gasteiger partial charge in [0.05, 0.1) is 12.8 Å². The summed E-state index contributed by atoms with van der Waals surface area (Å²) in [6.45, 7) is 7.48. The van der Waals surface area contributed by atoms with E-state index in [1.807, 2.05) is 23.9 Å². The summed E-state index contributed by atoms with van der Waals surface area (Å²) in [4.78, 5) is 2.96. The summed E-state index contributed by atoms with van der Waals surface area (Å²) in [5.74, 6) is 0.583. The lowest BCUT2D eigenvalue weighted by Gasteiger charge is -2.09. The molecule has 15 heavy (non-hydrogen) atoms. The average molecular weight is 222 g/mol. The first-order valence-electron chi connectivity index (χ1n) is 4.42. The van der Waals surface area contributed by atoms with E-state index in [4.69, 9.17) is 17.0 Å². The van der Waals surface area contributed by atoms with Crippen molar-refractivity contribution in [3.63, 3.8) is 0 Å². The van der Waals surface area contributed by atoms with Crippen LogP contribution in [0, 0.1) is 4.77 Å². The van der Waals surface area contributed by atoms with Crippen LogP contribution in [0.25, 0.3) is 5.57 Å². The fourth-order valence-corrected chi connectivity index (χ4v) is 1.40. The summed E-state index contributed by atoms with van der Waals surface area (Å²) in [5, 5.41) is 0. The molecule has 1 rings (SSSR count). The van der Waals surface area contributed by atoms with Crippen molar-refractivity contribution in [1.82, 2.24) is 9.55 Å². The zero-order valence-electron chi connectivity index (χ0n) is 8.91. The summed E-state index contributed by atoms with van der Waals surface area (Å²) in [6, 6.07) is 0. The Morgan fingerprint density at radius 3 is 2.73 bits per heavy atom. The van der Waals surface area contributed by atoms with E-state index in [-0.39, 0.29) is 0 Å². The van der Waals surface area contributed by atoms with Crippen molar-refractivity contribution in [2.45, 2.75) is 0 Å². The Balaban J connectivity index is 3.28. The zero-order valence-corrected chi connectivity index (χ0v) is 9.73. The second kappa shape index (κ2) is 4.79. The van der Waals surface area contributed by atoms with E-state index in [9.17, 15) is 0 Å². The number of aromatic amines is 1. The van der Waals surface area contributed by atoms with Crippen LogP contribution < -0.4 is 0 Å². The normalized spacial score (nSPS) is 11.2. The lowest BCUT2D eigenvalue weighted by atomic mass is 10.1. The van der Waals surface area contributed by atoms with Gasteiger partial charge in [0.1, 0.15) is 5.76 Å². The van der Waals surface area contributed by atoms with Crippen molar-refractivity contribution in [1.29, 1.82) is 0 Å². The first-order chi connectivity index (χ1) is 7.11. The number of hydrogen-bond acceptors (Lipinski definition) is 2. The minimum atomic E-state index is 0.583. The van der Waals surface area contributed by atoms with Crippen LogP contribution in [0.2, 0.25) is 0 Å². The van der Waals surface area contributed by atoms with Gasteiger partial charge < -0.3 is 14.3 Å². The first kappa shape index (κ1) is 11.5. The van der Waals surface area contributed by atoms with E-state index in [1.165, 1.54) is 0 Å². The lowest BCUT2D eigenvalue weighted by Crippen LogP contribution is -1.98. The van der Waals surface area contributed by atoms with E-state index >= 15 is 0 Å². The van der Waals surface area contributed by atoms with Crippen molar-refractivity contribution in [3.8, 4) is 0 Å². The number of nitrogens with zero attached hydrogens (tertiary/aromatic N) is 1. The van der Waals surface area contributed by atoms with Gasteiger partial charge >= 0.3 is 0 Å². The molecule has 1 N–H and O–H groups in total. The summed E-state index contributed by atoms with van der Waals surface area (Å²) in [6.07, 6.45) is 5.35. The van der Waals surface area contributed by atoms with E-state index in [2.05, 4.69) is 18.1 Å². The molecule has 0 unspecified atom stereocenters. The molecule has 0 amide bonds. The van der Waals surface area contributed by atoms with Gasteiger partial charge in [0.15, 0.2) is 4.77 Å². The summed E-state index contributed by atoms with van der Waals surface area (Å²) in [7, 11) is 3.47. The van der Waals surface area contributed by atoms with Gasteiger partial charge in [-0.25, -0.2) is 0 Å². The van der Waals surface area contributed by atoms with Crippen molar-refractivity contribution >= 4 is 17.8 Å². The third kappa shape index (κ3) is 2.27. The van der Waals surface area contributed by atoms with Crippen LogP contribution in [0.3, 0.4) is 0 Å². The molecule has 0 radical (unpaired) electrons. The zero-order chi connectivity index (χ0) is 11.4. The van der Waals surface area contributed by atoms with Crippen LogP contribution in [0.1, 0.15) is 5.69 Å². The summed E-state index contributed by atoms with van der Waals surface area (Å²) in [5.41, 5.74) is 1.79. The Bertz CT molecular complexity index is 465. The number of H-pyrrole nitrogens is 1. The Kier molecular flexibility index (Phi) is 3.68. The van der Waals surface area contributed by atoms with Gasteiger partial charge in [0.2, 0.25) is 0 Å². The lowest BCUT2D eigenvalue weighted by molar-refractivity contribution is 0.312. The highest BCUT2D eigenvalue weighted by molar-refractivity contribution is 7.71. The highest BCUT2D eigenvalue weighted by atomic mass is 32.1. The average Bonchev–Trinajstić information content (AvgIpc) is 2.56. The number of allylic oxidation sites excluding steroid dienone is 3. The molecule has 0 aliphatic heterocycles. The third-order valence-electron chi connectivity index (χ3n) is 2.11. The predicted octanol–water partition coefficient (Wildman–Crippen LogP) is 2.81. The monoisotopic (exact) mass is 222 g/mol. The highest BCUT2D eigenvalue weighted by Crippen LogP contribution is 2.21. The van der Waals surface area contributed by atoms with Gasteiger partial charge in [-0.1, -0.05) is 19.2 Å². The molecule has 0 saturated carbocycles. The van der Waals surface area contributed by atoms with Crippen LogP contribution in [0.15, 0.2) is 37.3 Å². The van der Waals surface area contributed by atoms with Crippen LogP contribution in [0.5, 0.6) is 0 Å². The molecule has 0 fully saturated rings. The maximum atomic E-state index is 5.11. The van der Waals surface area contributed by atoms with Gasteiger partial charge in [-0.2, -0.15) is 0 Å². The minimum Gasteiger partial charge on any atom is -0.497 e. The smallest absolute Gasteiger partial charge is 0.177 e. The first-order valence-corrected chi connectivity index (χ1v) is 4.83. The molecule has 0 spiro atoms. The number of imidazole rings is 1. The van der Waals surface area contributed by atoms with Crippen LogP contribution in [-0.4, -0.2) is 16.7 Å². The Morgan fingerprint density at radius 2 is 2.33 bits per heavy atom. The molecule has 80 valence electrons. The topological polar surface area (TPSA) is 29.9 Å². The standard InChI is InChI=1S/C11H14N2OS/c1-5-6-9(8(2)14-4)10-7-12-11(15)13(10)3/h5-7H,1-2H2,3-4H3,(H,12,15)/b9-6+. The Morgan fingerprint density at radius 1 is 1.67 bits per heavy atom. The van der Waals surface area contributed by atoms with Gasteiger partial charge in [-0.05, 0) is 18.3 Å². The van der Waals surface area contributed by atoms with Gasteiger partial charge in [0.25, 0.3) is 0 Å². The minimum absolute atomic E-state index is 0.583. The molecule has 0 atom stereocenters. The van der Waals surface area contributed by atoms with Crippen molar-refractivity contribution in [3.05, 3.63) is 47.7 Å². The molecule has 3 nitrogen and oxygen atoms in total. The van der Waals surface area contributed by atoms with E-state index in [0.717, 1.165) is 11.3 Å². The summed E-state index contributed by atoms with van der Waals surface area (Å²) >= 11 is 5.08. The molecule has 0 saturated heterocycles. The molecule has 1 aromatic heterocycles. The molecule has 0 aromatic carbocycles. The van der Waals surface area contributed by atoms with Crippen LogP contribution >= 0.6 is 12.2 Å². The number of aromatic nitrogens is 2. The number of hydrogen-bond donors (Lipinski definition) is 1. The molecule has 0 aliphatic carbocycles. The molecular weight excluding hydrogens is 208 g/mol. The molecule has 4 heteroatoms. The van der Waals surface area contributed by atoms with Gasteiger partial charge in [0, 0.05) is 18.8 Å². The largest absolute Gasteiger partial charge is 0.497 e. The number of ether oxygens (including phenoxy) is 1. The number of nitrogens with one attached hydrogen (secondary N) is 1. The Labute approximate surface area is 94.4 Å². The quantitative estimate of drug-likeness (QED) is 0.482. The van der Waals surface area contributed by atoms with Gasteiger partial charge in [-0.15, -0.1) is 0 Å². The number of rotatable bonds is 4. The highest BCUT2D eigenvalue weighted by Gasteiger charge is 2.09. The fraction of sp³-hybridized carbons (Fsp3) is 0.182. The molecule has 0 aliphatic rings. The van der Waals surface area contributed by atoms with E-state index in [1.54, 1.807) is 13.2 Å². The van der Waals surface area contributed by atoms with E-state index < -0.39 is 0 Å². The van der Waals surface area contributed by atoms with Crippen molar-refractivity contribution < 1.29 is 4.74 Å². The maximum Gasteiger partial charge on any atom is 0.177 e. The predicted molar refractivity (Wildman–Crippen MR) is 64.9 cm³/mol. The summed E-state index contributed by atoms with van der Waals surface area (Å²) < 4.78 is 7.62. The second-order valence-electron chi connectivity index (χ2n) is 2.98. The molecule has 1 heterocycles. The van der Waals surface area contributed by atoms with Crippen LogP contribution in [-0.2, 0) is 11.8 Å². The van der Waals surface area contributed by atoms with Gasteiger partial charge in [-0.3, -0.25) is 0 Å². The SMILES string of the molecule is C=C/C=C(\C(=C)OC)c1c[nH]c(=S)n1C. The van der Waals surface area contributed by atoms with E-state index in [0.29, 0.717) is 10.5 Å². The number of methoxy groups -OCH3 is 1. The molecular formula is C11H14N2OS. The van der Waals surface area contributed by atoms with Crippen molar-refractivity contribution in [2.24, 2.45) is 7.05 Å². The molecule has 0 bridgehead atoms. The molecule has 1 aromatic rings. The fourth-order valence-electron chi connectivity index (χ4n) is 1.24. The van der Waals surface area contributed by atoms with Crippen molar-refractivity contribution in [2.75, 3.05) is 7.11 Å².